The van der Waals surface area contributed by atoms with E-state index in [0.29, 0.717) is 35.9 Å². The van der Waals surface area contributed by atoms with Crippen LogP contribution in [0, 0.1) is 18.8 Å². The largest absolute Gasteiger partial charge is 0.481 e. The minimum Gasteiger partial charge on any atom is -0.481 e. The van der Waals surface area contributed by atoms with Crippen molar-refractivity contribution in [2.24, 2.45) is 11.8 Å². The maximum atomic E-state index is 13.8. The average molecular weight is 430 g/mol. The molecule has 3 heterocycles. The van der Waals surface area contributed by atoms with Gasteiger partial charge in [0.25, 0.3) is 5.91 Å². The molecule has 5 rings (SSSR count). The summed E-state index contributed by atoms with van der Waals surface area (Å²) in [4.78, 5) is 24.8. The highest BCUT2D eigenvalue weighted by molar-refractivity contribution is 5.99. The summed E-state index contributed by atoms with van der Waals surface area (Å²) in [6.45, 7) is 3.09. The second-order valence-electron chi connectivity index (χ2n) is 8.65. The van der Waals surface area contributed by atoms with E-state index in [4.69, 9.17) is 9.47 Å². The quantitative estimate of drug-likeness (QED) is 0.581. The number of aryl methyl sites for hydroxylation is 1. The van der Waals surface area contributed by atoms with Crippen LogP contribution in [0.4, 0.5) is 0 Å². The standard InChI is InChI=1S/C26H27N3O3/c1-17-11-12-22(18-7-4-3-5-8-18)25(27-17)26(30)29-15-20-13-19(20)14-21(29)16-32-24-10-6-9-23(28-24)31-2/h3-12,19-21H,13-16H2,1-2H3/t19-,20+,21+/m1/s1. The summed E-state index contributed by atoms with van der Waals surface area (Å²) in [5.74, 6) is 2.27. The van der Waals surface area contributed by atoms with Crippen LogP contribution in [-0.2, 0) is 0 Å². The van der Waals surface area contributed by atoms with Crippen LogP contribution in [-0.4, -0.2) is 47.1 Å². The van der Waals surface area contributed by atoms with Crippen LogP contribution in [0.15, 0.2) is 60.7 Å². The predicted molar refractivity (Wildman–Crippen MR) is 122 cm³/mol. The number of amides is 1. The number of ether oxygens (including phenoxy) is 2. The molecule has 6 heteroatoms. The third-order valence-electron chi connectivity index (χ3n) is 6.43. The lowest BCUT2D eigenvalue weighted by Crippen LogP contribution is -2.48. The summed E-state index contributed by atoms with van der Waals surface area (Å²) in [5.41, 5.74) is 3.22. The molecule has 0 unspecified atom stereocenters. The Morgan fingerprint density at radius 3 is 2.59 bits per heavy atom. The summed E-state index contributed by atoms with van der Waals surface area (Å²) in [5, 5.41) is 0. The first-order chi connectivity index (χ1) is 15.6. The lowest BCUT2D eigenvalue weighted by atomic mass is 9.99. The Hall–Kier alpha value is -3.41. The van der Waals surface area contributed by atoms with Crippen LogP contribution in [0.5, 0.6) is 11.8 Å². The Balaban J connectivity index is 1.41. The molecule has 1 aromatic carbocycles. The fourth-order valence-corrected chi connectivity index (χ4v) is 4.59. The maximum Gasteiger partial charge on any atom is 0.273 e. The number of rotatable bonds is 6. The summed E-state index contributed by atoms with van der Waals surface area (Å²) in [7, 11) is 1.58. The number of carbonyl (C=O) groups excluding carboxylic acids is 1. The molecule has 0 radical (unpaired) electrons. The van der Waals surface area contributed by atoms with Crippen molar-refractivity contribution in [3.05, 3.63) is 72.1 Å². The molecule has 1 amide bonds. The summed E-state index contributed by atoms with van der Waals surface area (Å²) >= 11 is 0. The van der Waals surface area contributed by atoms with Crippen LogP contribution >= 0.6 is 0 Å². The topological polar surface area (TPSA) is 64.6 Å². The monoisotopic (exact) mass is 429 g/mol. The molecular formula is C26H27N3O3. The molecule has 6 nitrogen and oxygen atoms in total. The fraction of sp³-hybridized carbons (Fsp3) is 0.346. The third-order valence-corrected chi connectivity index (χ3v) is 6.43. The molecule has 0 spiro atoms. The second kappa shape index (κ2) is 8.61. The van der Waals surface area contributed by atoms with Gasteiger partial charge in [0.05, 0.1) is 13.2 Å². The molecule has 1 saturated heterocycles. The molecule has 2 aliphatic rings. The van der Waals surface area contributed by atoms with E-state index >= 15 is 0 Å². The normalized spacial score (nSPS) is 21.6. The molecule has 32 heavy (non-hydrogen) atoms. The van der Waals surface area contributed by atoms with Gasteiger partial charge in [-0.25, -0.2) is 4.98 Å². The smallest absolute Gasteiger partial charge is 0.273 e. The summed E-state index contributed by atoms with van der Waals surface area (Å²) in [6.07, 6.45) is 2.14. The molecule has 164 valence electrons. The van der Waals surface area contributed by atoms with Gasteiger partial charge in [-0.2, -0.15) is 4.98 Å². The molecule has 3 aromatic rings. The van der Waals surface area contributed by atoms with Crippen LogP contribution in [0.3, 0.4) is 0 Å². The number of nitrogens with zero attached hydrogens (tertiary/aromatic N) is 3. The first-order valence-corrected chi connectivity index (χ1v) is 11.1. The van der Waals surface area contributed by atoms with Crippen molar-refractivity contribution >= 4 is 5.91 Å². The van der Waals surface area contributed by atoms with Crippen LogP contribution in [0.1, 0.15) is 29.0 Å². The van der Waals surface area contributed by atoms with Crippen molar-refractivity contribution in [3.8, 4) is 22.9 Å². The van der Waals surface area contributed by atoms with Crippen LogP contribution in [0.25, 0.3) is 11.1 Å². The minimum atomic E-state index is -0.0231. The molecule has 1 saturated carbocycles. The average Bonchev–Trinajstić information content (AvgIpc) is 3.61. The van der Waals surface area contributed by atoms with E-state index in [1.807, 2.05) is 66.4 Å². The fourth-order valence-electron chi connectivity index (χ4n) is 4.59. The summed E-state index contributed by atoms with van der Waals surface area (Å²) in [6, 6.07) is 19.4. The van der Waals surface area contributed by atoms with E-state index in [1.165, 1.54) is 6.42 Å². The predicted octanol–water partition coefficient (Wildman–Crippen LogP) is 4.39. The van der Waals surface area contributed by atoms with Gasteiger partial charge in [0, 0.05) is 29.9 Å². The highest BCUT2D eigenvalue weighted by Crippen LogP contribution is 2.47. The Bertz CT molecular complexity index is 1120. The van der Waals surface area contributed by atoms with Crippen molar-refractivity contribution in [3.63, 3.8) is 0 Å². The van der Waals surface area contributed by atoms with Gasteiger partial charge in [-0.1, -0.05) is 42.5 Å². The van der Waals surface area contributed by atoms with E-state index in [0.717, 1.165) is 29.8 Å². The number of pyridine rings is 2. The van der Waals surface area contributed by atoms with Gasteiger partial charge < -0.3 is 14.4 Å². The SMILES string of the molecule is COc1cccc(OC[C@@H]2C[C@H]3C[C@H]3CN2C(=O)c2nc(C)ccc2-c2ccccc2)n1. The number of likely N-dealkylation sites (tertiary alicyclic amines) is 1. The van der Waals surface area contributed by atoms with E-state index < -0.39 is 0 Å². The molecule has 3 atom stereocenters. The highest BCUT2D eigenvalue weighted by atomic mass is 16.5. The Morgan fingerprint density at radius 1 is 0.969 bits per heavy atom. The zero-order valence-corrected chi connectivity index (χ0v) is 18.4. The molecule has 0 N–H and O–H groups in total. The third kappa shape index (κ3) is 4.17. The van der Waals surface area contributed by atoms with E-state index in [1.54, 1.807) is 13.2 Å². The lowest BCUT2D eigenvalue weighted by molar-refractivity contribution is 0.0502. The minimum absolute atomic E-state index is 0.00909. The van der Waals surface area contributed by atoms with Crippen molar-refractivity contribution < 1.29 is 14.3 Å². The Labute approximate surface area is 188 Å². The van der Waals surface area contributed by atoms with Gasteiger partial charge in [0.15, 0.2) is 0 Å². The number of hydrogen-bond acceptors (Lipinski definition) is 5. The molecular weight excluding hydrogens is 402 g/mol. The first-order valence-electron chi connectivity index (χ1n) is 11.1. The van der Waals surface area contributed by atoms with Gasteiger partial charge in [0.2, 0.25) is 11.8 Å². The zero-order valence-electron chi connectivity index (χ0n) is 18.4. The Morgan fingerprint density at radius 2 is 1.78 bits per heavy atom. The number of benzene rings is 1. The van der Waals surface area contributed by atoms with Gasteiger partial charge in [-0.05, 0) is 43.2 Å². The number of aromatic nitrogens is 2. The van der Waals surface area contributed by atoms with E-state index in [9.17, 15) is 4.79 Å². The van der Waals surface area contributed by atoms with Crippen molar-refractivity contribution in [2.45, 2.75) is 25.8 Å². The molecule has 0 bridgehead atoms. The molecule has 1 aliphatic heterocycles. The number of hydrogen-bond donors (Lipinski definition) is 0. The number of carbonyl (C=O) groups is 1. The zero-order chi connectivity index (χ0) is 22.1. The number of fused-ring (bicyclic) bond motifs is 1. The molecule has 2 aromatic heterocycles. The van der Waals surface area contributed by atoms with Gasteiger partial charge >= 0.3 is 0 Å². The number of methoxy groups -OCH3 is 1. The van der Waals surface area contributed by atoms with Crippen molar-refractivity contribution in [1.29, 1.82) is 0 Å². The highest BCUT2D eigenvalue weighted by Gasteiger charge is 2.47. The van der Waals surface area contributed by atoms with Crippen LogP contribution < -0.4 is 9.47 Å². The van der Waals surface area contributed by atoms with Crippen molar-refractivity contribution in [1.82, 2.24) is 14.9 Å². The van der Waals surface area contributed by atoms with E-state index in [-0.39, 0.29) is 11.9 Å². The maximum absolute atomic E-state index is 13.8. The van der Waals surface area contributed by atoms with Gasteiger partial charge in [-0.15, -0.1) is 0 Å². The van der Waals surface area contributed by atoms with Crippen LogP contribution in [0.2, 0.25) is 0 Å². The number of piperidine rings is 1. The van der Waals surface area contributed by atoms with Gasteiger partial charge in [0.1, 0.15) is 12.3 Å². The molecule has 2 fully saturated rings. The lowest BCUT2D eigenvalue weighted by Gasteiger charge is -2.35. The van der Waals surface area contributed by atoms with Gasteiger partial charge in [-0.3, -0.25) is 4.79 Å². The Kier molecular flexibility index (Phi) is 5.52. The summed E-state index contributed by atoms with van der Waals surface area (Å²) < 4.78 is 11.2. The van der Waals surface area contributed by atoms with Crippen molar-refractivity contribution in [2.75, 3.05) is 20.3 Å². The van der Waals surface area contributed by atoms with E-state index in [2.05, 4.69) is 9.97 Å². The first kappa shape index (κ1) is 20.5. The molecule has 1 aliphatic carbocycles. The second-order valence-corrected chi connectivity index (χ2v) is 8.65.